The Balaban J connectivity index is 1.91. The lowest BCUT2D eigenvalue weighted by atomic mass is 10.3. The van der Waals surface area contributed by atoms with Crippen molar-refractivity contribution in [1.82, 2.24) is 15.6 Å². The first-order valence-electron chi connectivity index (χ1n) is 8.35. The highest BCUT2D eigenvalue weighted by atomic mass is 35.5. The third-order valence-corrected chi connectivity index (χ3v) is 4.82. The van der Waals surface area contributed by atoms with Crippen LogP contribution in [0, 0.1) is 13.8 Å². The number of benzene rings is 1. The maximum atomic E-state index is 6.13. The number of guanidine groups is 1. The first kappa shape index (κ1) is 19.5. The molecule has 1 aromatic carbocycles. The minimum atomic E-state index is -0.0452. The SMILES string of the molecule is CCNC(=NCc1sc(C)nc1C)NCC(C)Oc1ccccc1Cl. The molecule has 1 heterocycles. The number of aliphatic imine (C=N–C) groups is 1. The fraction of sp³-hybridized carbons (Fsp3) is 0.444. The van der Waals surface area contributed by atoms with Gasteiger partial charge in [-0.3, -0.25) is 0 Å². The third-order valence-electron chi connectivity index (χ3n) is 3.45. The monoisotopic (exact) mass is 380 g/mol. The number of rotatable bonds is 7. The van der Waals surface area contributed by atoms with Crippen molar-refractivity contribution in [1.29, 1.82) is 0 Å². The molecule has 5 nitrogen and oxygen atoms in total. The molecule has 0 spiro atoms. The molecule has 7 heteroatoms. The number of nitrogens with one attached hydrogen (secondary N) is 2. The summed E-state index contributed by atoms with van der Waals surface area (Å²) in [6, 6.07) is 7.48. The zero-order valence-electron chi connectivity index (χ0n) is 15.1. The van der Waals surface area contributed by atoms with Crippen molar-refractivity contribution < 1.29 is 4.74 Å². The molecule has 0 bridgehead atoms. The Morgan fingerprint density at radius 3 is 2.72 bits per heavy atom. The summed E-state index contributed by atoms with van der Waals surface area (Å²) in [5.74, 6) is 1.46. The second-order valence-corrected chi connectivity index (χ2v) is 7.37. The van der Waals surface area contributed by atoms with E-state index in [9.17, 15) is 0 Å². The standard InChI is InChI=1S/C18H25ClN4OS/c1-5-20-18(22-11-17-13(3)23-14(4)25-17)21-10-12(2)24-16-9-7-6-8-15(16)19/h6-9,12H,5,10-11H2,1-4H3,(H2,20,21,22). The van der Waals surface area contributed by atoms with Crippen molar-refractivity contribution in [3.05, 3.63) is 44.9 Å². The van der Waals surface area contributed by atoms with E-state index in [2.05, 4.69) is 20.6 Å². The zero-order valence-corrected chi connectivity index (χ0v) is 16.7. The average Bonchev–Trinajstić information content (AvgIpc) is 2.90. The average molecular weight is 381 g/mol. The Kier molecular flexibility index (Phi) is 7.52. The van der Waals surface area contributed by atoms with E-state index in [0.29, 0.717) is 23.9 Å². The Morgan fingerprint density at radius 2 is 2.08 bits per heavy atom. The summed E-state index contributed by atoms with van der Waals surface area (Å²) in [5, 5.41) is 8.25. The van der Waals surface area contributed by atoms with Crippen molar-refractivity contribution >= 4 is 28.9 Å². The molecule has 0 amide bonds. The smallest absolute Gasteiger partial charge is 0.191 e. The highest BCUT2D eigenvalue weighted by molar-refractivity contribution is 7.11. The molecule has 25 heavy (non-hydrogen) atoms. The summed E-state index contributed by atoms with van der Waals surface area (Å²) < 4.78 is 5.87. The molecule has 0 aliphatic rings. The molecule has 2 rings (SSSR count). The van der Waals surface area contributed by atoms with Crippen LogP contribution in [0.1, 0.15) is 29.4 Å². The van der Waals surface area contributed by atoms with Crippen LogP contribution in [0.15, 0.2) is 29.3 Å². The van der Waals surface area contributed by atoms with Gasteiger partial charge in [0.1, 0.15) is 11.9 Å². The van der Waals surface area contributed by atoms with E-state index in [1.807, 2.05) is 52.0 Å². The molecule has 0 fully saturated rings. The second kappa shape index (κ2) is 9.63. The molecule has 0 aliphatic carbocycles. The van der Waals surface area contributed by atoms with E-state index in [1.54, 1.807) is 11.3 Å². The van der Waals surface area contributed by atoms with Gasteiger partial charge < -0.3 is 15.4 Å². The number of aromatic nitrogens is 1. The first-order chi connectivity index (χ1) is 12.0. The topological polar surface area (TPSA) is 58.5 Å². The number of hydrogen-bond donors (Lipinski definition) is 2. The van der Waals surface area contributed by atoms with Crippen LogP contribution < -0.4 is 15.4 Å². The van der Waals surface area contributed by atoms with Crippen LogP contribution in [-0.2, 0) is 6.54 Å². The number of hydrogen-bond acceptors (Lipinski definition) is 4. The summed E-state index contributed by atoms with van der Waals surface area (Å²) in [5.41, 5.74) is 1.05. The fourth-order valence-electron chi connectivity index (χ4n) is 2.25. The predicted octanol–water partition coefficient (Wildman–Crippen LogP) is 3.94. The first-order valence-corrected chi connectivity index (χ1v) is 9.55. The molecule has 1 unspecified atom stereocenters. The minimum Gasteiger partial charge on any atom is -0.487 e. The molecule has 136 valence electrons. The zero-order chi connectivity index (χ0) is 18.2. The van der Waals surface area contributed by atoms with Crippen molar-refractivity contribution in [3.8, 4) is 5.75 Å². The fourth-order valence-corrected chi connectivity index (χ4v) is 3.29. The van der Waals surface area contributed by atoms with E-state index >= 15 is 0 Å². The van der Waals surface area contributed by atoms with Gasteiger partial charge in [0.05, 0.1) is 28.8 Å². The normalized spacial score (nSPS) is 12.8. The largest absolute Gasteiger partial charge is 0.487 e. The molecular weight excluding hydrogens is 356 g/mol. The maximum Gasteiger partial charge on any atom is 0.191 e. The predicted molar refractivity (Wildman–Crippen MR) is 106 cm³/mol. The van der Waals surface area contributed by atoms with Gasteiger partial charge in [0, 0.05) is 11.4 Å². The van der Waals surface area contributed by atoms with Gasteiger partial charge in [-0.25, -0.2) is 9.98 Å². The summed E-state index contributed by atoms with van der Waals surface area (Å²) in [7, 11) is 0. The molecule has 1 atom stereocenters. The lowest BCUT2D eigenvalue weighted by molar-refractivity contribution is 0.224. The molecule has 0 aliphatic heterocycles. The van der Waals surface area contributed by atoms with Gasteiger partial charge in [0.2, 0.25) is 0 Å². The lowest BCUT2D eigenvalue weighted by Crippen LogP contribution is -2.41. The molecule has 0 radical (unpaired) electrons. The van der Waals surface area contributed by atoms with Gasteiger partial charge in [-0.1, -0.05) is 23.7 Å². The van der Waals surface area contributed by atoms with Crippen LogP contribution in [-0.4, -0.2) is 30.1 Å². The number of ether oxygens (including phenoxy) is 1. The molecule has 1 aromatic heterocycles. The molecule has 0 saturated heterocycles. The van der Waals surface area contributed by atoms with E-state index in [4.69, 9.17) is 16.3 Å². The van der Waals surface area contributed by atoms with Crippen molar-refractivity contribution in [2.75, 3.05) is 13.1 Å². The van der Waals surface area contributed by atoms with Gasteiger partial charge >= 0.3 is 0 Å². The maximum absolute atomic E-state index is 6.13. The van der Waals surface area contributed by atoms with E-state index in [1.165, 1.54) is 4.88 Å². The lowest BCUT2D eigenvalue weighted by Gasteiger charge is -2.18. The van der Waals surface area contributed by atoms with Crippen LogP contribution in [0.5, 0.6) is 5.75 Å². The van der Waals surface area contributed by atoms with Gasteiger partial charge in [-0.2, -0.15) is 0 Å². The Hall–Kier alpha value is -1.79. The van der Waals surface area contributed by atoms with Crippen molar-refractivity contribution in [2.24, 2.45) is 4.99 Å². The van der Waals surface area contributed by atoms with E-state index in [-0.39, 0.29) is 6.10 Å². The summed E-state index contributed by atoms with van der Waals surface area (Å²) in [6.07, 6.45) is -0.0452. The quantitative estimate of drug-likeness (QED) is 0.564. The summed E-state index contributed by atoms with van der Waals surface area (Å²) >= 11 is 7.82. The van der Waals surface area contributed by atoms with Crippen molar-refractivity contribution in [2.45, 2.75) is 40.3 Å². The molecular formula is C18H25ClN4OS. The van der Waals surface area contributed by atoms with Gasteiger partial charge in [0.25, 0.3) is 0 Å². The number of para-hydroxylation sites is 1. The second-order valence-electron chi connectivity index (χ2n) is 5.68. The Morgan fingerprint density at radius 1 is 1.32 bits per heavy atom. The Labute approximate surface area is 158 Å². The number of halogens is 1. The van der Waals surface area contributed by atoms with Crippen LogP contribution in [0.4, 0.5) is 0 Å². The number of nitrogens with zero attached hydrogens (tertiary/aromatic N) is 2. The highest BCUT2D eigenvalue weighted by Gasteiger charge is 2.09. The van der Waals surface area contributed by atoms with E-state index < -0.39 is 0 Å². The molecule has 2 N–H and O–H groups in total. The molecule has 2 aromatic rings. The minimum absolute atomic E-state index is 0.0452. The van der Waals surface area contributed by atoms with Gasteiger partial charge in [-0.15, -0.1) is 11.3 Å². The summed E-state index contributed by atoms with van der Waals surface area (Å²) in [6.45, 7) is 10.1. The van der Waals surface area contributed by atoms with Crippen LogP contribution in [0.3, 0.4) is 0 Å². The third kappa shape index (κ3) is 6.21. The van der Waals surface area contributed by atoms with Gasteiger partial charge in [0.15, 0.2) is 5.96 Å². The van der Waals surface area contributed by atoms with Crippen LogP contribution >= 0.6 is 22.9 Å². The van der Waals surface area contributed by atoms with Crippen LogP contribution in [0.25, 0.3) is 0 Å². The van der Waals surface area contributed by atoms with Crippen LogP contribution in [0.2, 0.25) is 5.02 Å². The Bertz CT molecular complexity index is 717. The number of thiazole rings is 1. The summed E-state index contributed by atoms with van der Waals surface area (Å²) in [4.78, 5) is 10.3. The van der Waals surface area contributed by atoms with Crippen molar-refractivity contribution in [3.63, 3.8) is 0 Å². The molecule has 0 saturated carbocycles. The number of aryl methyl sites for hydroxylation is 2. The van der Waals surface area contributed by atoms with Gasteiger partial charge in [-0.05, 0) is 39.8 Å². The van der Waals surface area contributed by atoms with E-state index in [0.717, 1.165) is 23.2 Å². The highest BCUT2D eigenvalue weighted by Crippen LogP contribution is 2.24.